The van der Waals surface area contributed by atoms with Gasteiger partial charge in [0.15, 0.2) is 11.5 Å². The molecule has 0 bridgehead atoms. The van der Waals surface area contributed by atoms with E-state index >= 15 is 0 Å². The van der Waals surface area contributed by atoms with Gasteiger partial charge in [-0.2, -0.15) is 0 Å². The first kappa shape index (κ1) is 18.3. The van der Waals surface area contributed by atoms with E-state index in [0.717, 1.165) is 23.4 Å². The summed E-state index contributed by atoms with van der Waals surface area (Å²) in [6.45, 7) is 0. The van der Waals surface area contributed by atoms with Crippen LogP contribution in [0.5, 0.6) is 17.2 Å². The van der Waals surface area contributed by atoms with Gasteiger partial charge in [0.2, 0.25) is 5.75 Å². The van der Waals surface area contributed by atoms with Gasteiger partial charge in [-0.15, -0.1) is 0 Å². The summed E-state index contributed by atoms with van der Waals surface area (Å²) in [5.41, 5.74) is 2.78. The lowest BCUT2D eigenvalue weighted by Crippen LogP contribution is -2.41. The molecule has 2 aromatic carbocycles. The number of anilines is 1. The normalized spacial score (nSPS) is 23.1. The summed E-state index contributed by atoms with van der Waals surface area (Å²) in [4.78, 5) is 17.5. The molecule has 1 aliphatic carbocycles. The highest BCUT2D eigenvalue weighted by Gasteiger charge is 2.39. The number of aliphatic imine (C=N–C) groups is 1. The molecule has 4 rings (SSSR count). The van der Waals surface area contributed by atoms with E-state index in [2.05, 4.69) is 10.3 Å². The quantitative estimate of drug-likeness (QED) is 0.869. The zero-order valence-corrected chi connectivity index (χ0v) is 16.3. The van der Waals surface area contributed by atoms with Crippen molar-refractivity contribution in [2.75, 3.05) is 26.6 Å². The standard InChI is InChI=1S/C22H24N2O4/c1-26-20-9-8-14(21(27-2)22(20)28-3)13-10-18-15(19(25)11-13)12-23-16-6-4-5-7-17(16)24-18/h4-9,12-13,15,18,24H,10-11H2,1-3H3/t13-,15-,18+/m1/s1. The fourth-order valence-corrected chi connectivity index (χ4v) is 4.23. The Morgan fingerprint density at radius 1 is 1.00 bits per heavy atom. The fraction of sp³-hybridized carbons (Fsp3) is 0.364. The number of hydrogen-bond acceptors (Lipinski definition) is 6. The van der Waals surface area contributed by atoms with Crippen molar-refractivity contribution in [3.05, 3.63) is 42.0 Å². The summed E-state index contributed by atoms with van der Waals surface area (Å²) < 4.78 is 16.6. The van der Waals surface area contributed by atoms with Crippen molar-refractivity contribution < 1.29 is 19.0 Å². The number of ether oxygens (including phenoxy) is 3. The number of rotatable bonds is 4. The van der Waals surface area contributed by atoms with E-state index in [1.54, 1.807) is 27.5 Å². The maximum absolute atomic E-state index is 13.0. The van der Waals surface area contributed by atoms with Crippen molar-refractivity contribution in [2.24, 2.45) is 10.9 Å². The van der Waals surface area contributed by atoms with Crippen molar-refractivity contribution in [2.45, 2.75) is 24.8 Å². The molecule has 1 N–H and O–H groups in total. The number of para-hydroxylation sites is 2. The van der Waals surface area contributed by atoms with Gasteiger partial charge in [0.1, 0.15) is 5.78 Å². The zero-order valence-electron chi connectivity index (χ0n) is 16.3. The summed E-state index contributed by atoms with van der Waals surface area (Å²) in [6.07, 6.45) is 3.04. The Balaban J connectivity index is 1.69. The highest BCUT2D eigenvalue weighted by Crippen LogP contribution is 2.47. The van der Waals surface area contributed by atoms with Crippen LogP contribution in [-0.4, -0.2) is 39.4 Å². The van der Waals surface area contributed by atoms with Crippen LogP contribution in [0.15, 0.2) is 41.4 Å². The molecule has 1 aliphatic heterocycles. The Kier molecular flexibility index (Phi) is 4.94. The number of ketones is 1. The third-order valence-electron chi connectivity index (χ3n) is 5.58. The number of methoxy groups -OCH3 is 3. The average molecular weight is 380 g/mol. The molecule has 0 saturated heterocycles. The molecule has 0 unspecified atom stereocenters. The second-order valence-electron chi connectivity index (χ2n) is 7.10. The molecule has 146 valence electrons. The Bertz CT molecular complexity index is 925. The van der Waals surface area contributed by atoms with E-state index in [4.69, 9.17) is 14.2 Å². The van der Waals surface area contributed by atoms with Crippen molar-refractivity contribution >= 4 is 23.4 Å². The van der Waals surface area contributed by atoms with Gasteiger partial charge in [-0.25, -0.2) is 0 Å². The predicted molar refractivity (Wildman–Crippen MR) is 109 cm³/mol. The van der Waals surface area contributed by atoms with Crippen LogP contribution in [0.25, 0.3) is 0 Å². The highest BCUT2D eigenvalue weighted by molar-refractivity contribution is 5.99. The molecular weight excluding hydrogens is 356 g/mol. The predicted octanol–water partition coefficient (Wildman–Crippen LogP) is 3.97. The van der Waals surface area contributed by atoms with Crippen molar-refractivity contribution in [1.82, 2.24) is 0 Å². The zero-order chi connectivity index (χ0) is 19.7. The van der Waals surface area contributed by atoms with Crippen molar-refractivity contribution in [3.63, 3.8) is 0 Å². The van der Waals surface area contributed by atoms with E-state index in [-0.39, 0.29) is 23.7 Å². The number of benzene rings is 2. The van der Waals surface area contributed by atoms with Crippen molar-refractivity contribution in [1.29, 1.82) is 0 Å². The average Bonchev–Trinajstić information content (AvgIpc) is 2.91. The van der Waals surface area contributed by atoms with Gasteiger partial charge in [0.25, 0.3) is 0 Å². The van der Waals surface area contributed by atoms with Crippen LogP contribution in [0.4, 0.5) is 11.4 Å². The lowest BCUT2D eigenvalue weighted by molar-refractivity contribution is -0.123. The minimum atomic E-state index is -0.227. The fourth-order valence-electron chi connectivity index (χ4n) is 4.23. The number of carbonyl (C=O) groups is 1. The van der Waals surface area contributed by atoms with Crippen LogP contribution in [0, 0.1) is 5.92 Å². The summed E-state index contributed by atoms with van der Waals surface area (Å²) >= 11 is 0. The highest BCUT2D eigenvalue weighted by atomic mass is 16.5. The van der Waals surface area contributed by atoms with Gasteiger partial charge < -0.3 is 19.5 Å². The summed E-state index contributed by atoms with van der Waals surface area (Å²) in [6, 6.07) is 11.7. The largest absolute Gasteiger partial charge is 0.493 e. The van der Waals surface area contributed by atoms with Crippen LogP contribution in [0.2, 0.25) is 0 Å². The first-order valence-electron chi connectivity index (χ1n) is 9.37. The molecule has 1 fully saturated rings. The minimum absolute atomic E-state index is 0.0172. The van der Waals surface area contributed by atoms with E-state index in [0.29, 0.717) is 23.7 Å². The topological polar surface area (TPSA) is 69.2 Å². The van der Waals surface area contributed by atoms with E-state index in [1.807, 2.05) is 36.4 Å². The Hall–Kier alpha value is -3.02. The lowest BCUT2D eigenvalue weighted by Gasteiger charge is -2.34. The van der Waals surface area contributed by atoms with Gasteiger partial charge in [-0.1, -0.05) is 18.2 Å². The summed E-state index contributed by atoms with van der Waals surface area (Å²) in [5, 5.41) is 3.54. The van der Waals surface area contributed by atoms with Gasteiger partial charge >= 0.3 is 0 Å². The number of carbonyl (C=O) groups excluding carboxylic acids is 1. The minimum Gasteiger partial charge on any atom is -0.493 e. The van der Waals surface area contributed by atoms with E-state index in [1.165, 1.54) is 0 Å². The molecule has 0 amide bonds. The molecule has 0 radical (unpaired) electrons. The van der Waals surface area contributed by atoms with Crippen LogP contribution >= 0.6 is 0 Å². The number of fused-ring (bicyclic) bond motifs is 2. The monoisotopic (exact) mass is 380 g/mol. The SMILES string of the molecule is COc1ccc([C@H]2CC(=O)[C@@H]3C=Nc4ccccc4N[C@H]3C2)c(OC)c1OC. The van der Waals surface area contributed by atoms with E-state index in [9.17, 15) is 4.79 Å². The van der Waals surface area contributed by atoms with Crippen molar-refractivity contribution in [3.8, 4) is 17.2 Å². The van der Waals surface area contributed by atoms with Crippen LogP contribution in [0.1, 0.15) is 24.3 Å². The molecule has 0 spiro atoms. The molecular formula is C22H24N2O4. The third kappa shape index (κ3) is 3.09. The smallest absolute Gasteiger partial charge is 0.203 e. The number of nitrogens with zero attached hydrogens (tertiary/aromatic N) is 1. The molecule has 2 aliphatic rings. The number of nitrogens with one attached hydrogen (secondary N) is 1. The first-order chi connectivity index (χ1) is 13.7. The Labute approximate surface area is 164 Å². The number of hydrogen-bond donors (Lipinski definition) is 1. The van der Waals surface area contributed by atoms with Gasteiger partial charge in [-0.3, -0.25) is 9.79 Å². The van der Waals surface area contributed by atoms with Crippen LogP contribution < -0.4 is 19.5 Å². The molecule has 2 aromatic rings. The third-order valence-corrected chi connectivity index (χ3v) is 5.58. The Morgan fingerprint density at radius 2 is 1.79 bits per heavy atom. The summed E-state index contributed by atoms with van der Waals surface area (Å²) in [7, 11) is 4.80. The molecule has 3 atom stereocenters. The van der Waals surface area contributed by atoms with E-state index < -0.39 is 0 Å². The first-order valence-corrected chi connectivity index (χ1v) is 9.37. The molecule has 6 heteroatoms. The van der Waals surface area contributed by atoms with Gasteiger partial charge in [-0.05, 0) is 30.5 Å². The lowest BCUT2D eigenvalue weighted by atomic mass is 9.74. The Morgan fingerprint density at radius 3 is 2.54 bits per heavy atom. The van der Waals surface area contributed by atoms with Gasteiger partial charge in [0.05, 0.1) is 38.6 Å². The summed E-state index contributed by atoms with van der Waals surface area (Å²) in [5.74, 6) is 1.77. The second kappa shape index (κ2) is 7.54. The second-order valence-corrected chi connectivity index (χ2v) is 7.10. The number of Topliss-reactive ketones (excluding diaryl/α,β-unsaturated/α-hetero) is 1. The molecule has 0 aromatic heterocycles. The maximum Gasteiger partial charge on any atom is 0.203 e. The molecule has 1 heterocycles. The molecule has 6 nitrogen and oxygen atoms in total. The van der Waals surface area contributed by atoms with Crippen LogP contribution in [-0.2, 0) is 4.79 Å². The molecule has 1 saturated carbocycles. The van der Waals surface area contributed by atoms with Crippen LogP contribution in [0.3, 0.4) is 0 Å². The molecule has 28 heavy (non-hydrogen) atoms. The maximum atomic E-state index is 13.0. The van der Waals surface area contributed by atoms with Gasteiger partial charge in [0, 0.05) is 24.2 Å².